The maximum absolute atomic E-state index is 13.1. The number of methoxy groups -OCH3 is 2. The van der Waals surface area contributed by atoms with Crippen molar-refractivity contribution in [2.24, 2.45) is 0 Å². The largest absolute Gasteiger partial charge is 0.497 e. The van der Waals surface area contributed by atoms with E-state index in [4.69, 9.17) is 9.47 Å². The van der Waals surface area contributed by atoms with Gasteiger partial charge < -0.3 is 19.9 Å². The summed E-state index contributed by atoms with van der Waals surface area (Å²) in [7, 11) is 3.15. The average molecular weight is 444 g/mol. The molecule has 0 bridgehead atoms. The Labute approximate surface area is 191 Å². The molecule has 0 aliphatic carbocycles. The van der Waals surface area contributed by atoms with Crippen LogP contribution in [0.25, 0.3) is 23.1 Å². The summed E-state index contributed by atoms with van der Waals surface area (Å²) in [5.41, 5.74) is 3.51. The van der Waals surface area contributed by atoms with Gasteiger partial charge >= 0.3 is 0 Å². The Hall–Kier alpha value is -4.10. The number of benzene rings is 3. The van der Waals surface area contributed by atoms with E-state index in [1.807, 2.05) is 66.7 Å². The Kier molecular flexibility index (Phi) is 6.71. The molecule has 0 fully saturated rings. The molecule has 1 heterocycles. The summed E-state index contributed by atoms with van der Waals surface area (Å²) in [6.45, 7) is -0.222. The number of aromatic nitrogens is 2. The maximum Gasteiger partial charge on any atom is 0.255 e. The van der Waals surface area contributed by atoms with Crippen molar-refractivity contribution >= 4 is 29.0 Å². The van der Waals surface area contributed by atoms with Crippen LogP contribution >= 0.6 is 0 Å². The lowest BCUT2D eigenvalue weighted by molar-refractivity contribution is 0.0913. The number of fused-ring (bicyclic) bond motifs is 1. The van der Waals surface area contributed by atoms with Crippen LogP contribution < -0.4 is 14.8 Å². The number of hydrogen-bond donors (Lipinski definition) is 3. The summed E-state index contributed by atoms with van der Waals surface area (Å²) in [6.07, 6.45) is 3.78. The number of carbonyl (C=O) groups is 1. The SMILES string of the molecule is COc1cccc(/C=C/c2n[nH]c3ccc(C(=O)N[C@H](CO)c4ccccc4)c(OC)c23)c1. The number of aromatic amines is 1. The molecule has 4 rings (SSSR count). The summed E-state index contributed by atoms with van der Waals surface area (Å²) in [4.78, 5) is 13.1. The van der Waals surface area contributed by atoms with Crippen LogP contribution in [0.15, 0.2) is 66.7 Å². The first-order valence-corrected chi connectivity index (χ1v) is 10.5. The molecule has 4 aromatic rings. The van der Waals surface area contributed by atoms with Crippen LogP contribution in [-0.4, -0.2) is 42.0 Å². The van der Waals surface area contributed by atoms with Crippen LogP contribution in [-0.2, 0) is 0 Å². The maximum atomic E-state index is 13.1. The standard InChI is InChI=1S/C26H25N3O4/c1-32-19-10-6-7-17(15-19)11-13-21-24-22(29-28-21)14-12-20(25(24)33-2)26(31)27-23(16-30)18-8-4-3-5-9-18/h3-15,23,30H,16H2,1-2H3,(H,27,31)(H,28,29)/b13-11+/t23-/m1/s1. The van der Waals surface area contributed by atoms with Gasteiger partial charge in [0.05, 0.1) is 49.0 Å². The Morgan fingerprint density at radius 2 is 1.88 bits per heavy atom. The summed E-state index contributed by atoms with van der Waals surface area (Å²) >= 11 is 0. The number of amides is 1. The lowest BCUT2D eigenvalue weighted by Crippen LogP contribution is -2.31. The molecule has 0 saturated carbocycles. The van der Waals surface area contributed by atoms with Crippen molar-refractivity contribution in [1.29, 1.82) is 0 Å². The van der Waals surface area contributed by atoms with Crippen molar-refractivity contribution in [3.8, 4) is 11.5 Å². The molecule has 168 valence electrons. The second-order valence-electron chi connectivity index (χ2n) is 7.41. The second kappa shape index (κ2) is 10.0. The number of ether oxygens (including phenoxy) is 2. The molecule has 0 unspecified atom stereocenters. The van der Waals surface area contributed by atoms with Gasteiger partial charge in [0.25, 0.3) is 5.91 Å². The highest BCUT2D eigenvalue weighted by molar-refractivity contribution is 6.05. The van der Waals surface area contributed by atoms with Crippen LogP contribution in [0.4, 0.5) is 0 Å². The predicted molar refractivity (Wildman–Crippen MR) is 128 cm³/mol. The topological polar surface area (TPSA) is 96.5 Å². The van der Waals surface area contributed by atoms with Gasteiger partial charge in [-0.2, -0.15) is 5.10 Å². The Morgan fingerprint density at radius 3 is 2.61 bits per heavy atom. The molecule has 3 N–H and O–H groups in total. The summed E-state index contributed by atoms with van der Waals surface area (Å²) in [6, 6.07) is 19.9. The van der Waals surface area contributed by atoms with Crippen LogP contribution in [0.5, 0.6) is 11.5 Å². The van der Waals surface area contributed by atoms with E-state index in [1.165, 1.54) is 7.11 Å². The van der Waals surface area contributed by atoms with Gasteiger partial charge in [-0.3, -0.25) is 9.89 Å². The first-order chi connectivity index (χ1) is 16.1. The highest BCUT2D eigenvalue weighted by atomic mass is 16.5. The molecule has 1 aromatic heterocycles. The zero-order valence-corrected chi connectivity index (χ0v) is 18.4. The Morgan fingerprint density at radius 1 is 1.06 bits per heavy atom. The molecule has 3 aromatic carbocycles. The van der Waals surface area contributed by atoms with Crippen molar-refractivity contribution < 1.29 is 19.4 Å². The lowest BCUT2D eigenvalue weighted by atomic mass is 10.0. The van der Waals surface area contributed by atoms with Crippen LogP contribution in [0, 0.1) is 0 Å². The molecule has 1 atom stereocenters. The molecule has 0 spiro atoms. The Balaban J connectivity index is 1.67. The summed E-state index contributed by atoms with van der Waals surface area (Å²) in [5.74, 6) is 0.826. The monoisotopic (exact) mass is 443 g/mol. The minimum absolute atomic E-state index is 0.222. The van der Waals surface area contributed by atoms with Crippen LogP contribution in [0.3, 0.4) is 0 Å². The fourth-order valence-electron chi connectivity index (χ4n) is 3.69. The van der Waals surface area contributed by atoms with Crippen molar-refractivity contribution in [2.45, 2.75) is 6.04 Å². The van der Waals surface area contributed by atoms with Gasteiger partial charge in [-0.15, -0.1) is 0 Å². The number of nitrogens with zero attached hydrogens (tertiary/aromatic N) is 1. The second-order valence-corrected chi connectivity index (χ2v) is 7.41. The number of hydrogen-bond acceptors (Lipinski definition) is 5. The zero-order valence-electron chi connectivity index (χ0n) is 18.4. The van der Waals surface area contributed by atoms with Gasteiger partial charge in [0.15, 0.2) is 0 Å². The van der Waals surface area contributed by atoms with E-state index in [2.05, 4.69) is 15.5 Å². The number of nitrogens with one attached hydrogen (secondary N) is 2. The molecule has 0 aliphatic rings. The number of rotatable bonds is 8. The smallest absolute Gasteiger partial charge is 0.255 e. The minimum Gasteiger partial charge on any atom is -0.497 e. The third kappa shape index (κ3) is 4.73. The van der Waals surface area contributed by atoms with E-state index in [0.717, 1.165) is 22.4 Å². The third-order valence-electron chi connectivity index (χ3n) is 5.38. The van der Waals surface area contributed by atoms with Crippen molar-refractivity contribution in [3.05, 3.63) is 89.1 Å². The van der Waals surface area contributed by atoms with E-state index >= 15 is 0 Å². The van der Waals surface area contributed by atoms with Crippen LogP contribution in [0.2, 0.25) is 0 Å². The lowest BCUT2D eigenvalue weighted by Gasteiger charge is -2.18. The van der Waals surface area contributed by atoms with Gasteiger partial charge in [-0.05, 0) is 41.5 Å². The molecule has 7 heteroatoms. The molecule has 0 radical (unpaired) electrons. The molecule has 0 aliphatic heterocycles. The van der Waals surface area contributed by atoms with Gasteiger partial charge in [0.1, 0.15) is 11.5 Å². The first-order valence-electron chi connectivity index (χ1n) is 10.5. The highest BCUT2D eigenvalue weighted by Crippen LogP contribution is 2.32. The van der Waals surface area contributed by atoms with Crippen molar-refractivity contribution in [1.82, 2.24) is 15.5 Å². The summed E-state index contributed by atoms with van der Waals surface area (Å²) < 4.78 is 10.9. The number of aliphatic hydroxyl groups excluding tert-OH is 1. The Bertz CT molecular complexity index is 1280. The fourth-order valence-corrected chi connectivity index (χ4v) is 3.69. The van der Waals surface area contributed by atoms with E-state index in [1.54, 1.807) is 19.2 Å². The van der Waals surface area contributed by atoms with Crippen molar-refractivity contribution in [3.63, 3.8) is 0 Å². The van der Waals surface area contributed by atoms with Gasteiger partial charge in [-0.1, -0.05) is 48.5 Å². The number of aliphatic hydroxyl groups is 1. The molecular formula is C26H25N3O4. The average Bonchev–Trinajstić information content (AvgIpc) is 3.29. The van der Waals surface area contributed by atoms with E-state index in [0.29, 0.717) is 22.4 Å². The quantitative estimate of drug-likeness (QED) is 0.379. The van der Waals surface area contributed by atoms with Crippen LogP contribution in [0.1, 0.15) is 33.2 Å². The van der Waals surface area contributed by atoms with E-state index < -0.39 is 6.04 Å². The number of carbonyl (C=O) groups excluding carboxylic acids is 1. The minimum atomic E-state index is -0.532. The number of H-pyrrole nitrogens is 1. The summed E-state index contributed by atoms with van der Waals surface area (Å²) in [5, 5.41) is 20.8. The third-order valence-corrected chi connectivity index (χ3v) is 5.38. The molecular weight excluding hydrogens is 418 g/mol. The van der Waals surface area contributed by atoms with Crippen molar-refractivity contribution in [2.75, 3.05) is 20.8 Å². The molecule has 1 amide bonds. The zero-order chi connectivity index (χ0) is 23.2. The van der Waals surface area contributed by atoms with Gasteiger partial charge in [0, 0.05) is 0 Å². The fraction of sp³-hybridized carbons (Fsp3) is 0.154. The first kappa shape index (κ1) is 22.1. The predicted octanol–water partition coefficient (Wildman–Crippen LogP) is 4.21. The molecule has 0 saturated heterocycles. The van der Waals surface area contributed by atoms with Gasteiger partial charge in [-0.25, -0.2) is 0 Å². The molecule has 33 heavy (non-hydrogen) atoms. The normalized spacial score (nSPS) is 12.1. The van der Waals surface area contributed by atoms with E-state index in [9.17, 15) is 9.90 Å². The molecule has 7 nitrogen and oxygen atoms in total. The highest BCUT2D eigenvalue weighted by Gasteiger charge is 2.21. The van der Waals surface area contributed by atoms with Gasteiger partial charge in [0.2, 0.25) is 0 Å². The van der Waals surface area contributed by atoms with E-state index in [-0.39, 0.29) is 12.5 Å².